The molecule has 1 amide bonds. The highest BCUT2D eigenvalue weighted by atomic mass is 35.5. The fourth-order valence-electron chi connectivity index (χ4n) is 5.33. The number of rotatable bonds is 5. The van der Waals surface area contributed by atoms with Crippen molar-refractivity contribution in [3.8, 4) is 0 Å². The molecule has 2 aliphatic heterocycles. The number of piperazine rings is 1. The molecule has 0 saturated carbocycles. The predicted octanol–water partition coefficient (Wildman–Crippen LogP) is 5.13. The van der Waals surface area contributed by atoms with E-state index >= 15 is 0 Å². The van der Waals surface area contributed by atoms with Crippen molar-refractivity contribution in [3.63, 3.8) is 0 Å². The number of anilines is 1. The molecular weight excluding hydrogens is 469 g/mol. The first kappa shape index (κ1) is 23.5. The number of fused-ring (bicyclic) bond motifs is 1. The summed E-state index contributed by atoms with van der Waals surface area (Å²) in [5.74, 6) is 0.270. The molecule has 1 N–H and O–H groups in total. The van der Waals surface area contributed by atoms with Crippen molar-refractivity contribution in [2.45, 2.75) is 51.2 Å². The molecule has 1 unspecified atom stereocenters. The highest BCUT2D eigenvalue weighted by molar-refractivity contribution is 6.35. The molecule has 3 heterocycles. The fourth-order valence-corrected chi connectivity index (χ4v) is 5.90. The maximum absolute atomic E-state index is 13.1. The summed E-state index contributed by atoms with van der Waals surface area (Å²) in [5, 5.41) is 4.65. The number of carbonyl (C=O) groups excluding carboxylic acids is 1. The van der Waals surface area contributed by atoms with Crippen LogP contribution in [0.4, 0.5) is 5.69 Å². The molecule has 180 valence electrons. The molecular formula is C26H31Cl2N5O. The predicted molar refractivity (Wildman–Crippen MR) is 139 cm³/mol. The number of carbonyl (C=O) groups is 1. The van der Waals surface area contributed by atoms with E-state index in [-0.39, 0.29) is 24.0 Å². The Hall–Kier alpha value is -2.28. The van der Waals surface area contributed by atoms with E-state index in [1.54, 1.807) is 6.07 Å². The summed E-state index contributed by atoms with van der Waals surface area (Å²) < 4.78 is 2.16. The lowest BCUT2D eigenvalue weighted by Gasteiger charge is -2.43. The summed E-state index contributed by atoms with van der Waals surface area (Å²) in [6.07, 6.45) is 4.86. The van der Waals surface area contributed by atoms with E-state index in [2.05, 4.69) is 56.7 Å². The van der Waals surface area contributed by atoms with Gasteiger partial charge in [0.05, 0.1) is 29.4 Å². The maximum atomic E-state index is 13.1. The summed E-state index contributed by atoms with van der Waals surface area (Å²) >= 11 is 12.6. The largest absolute Gasteiger partial charge is 0.368 e. The minimum atomic E-state index is -0.00696. The van der Waals surface area contributed by atoms with Crippen molar-refractivity contribution in [1.29, 1.82) is 0 Å². The van der Waals surface area contributed by atoms with E-state index in [4.69, 9.17) is 23.2 Å². The average Bonchev–Trinajstić information content (AvgIpc) is 3.53. The number of nitrogens with one attached hydrogen (secondary N) is 1. The van der Waals surface area contributed by atoms with E-state index in [1.165, 1.54) is 0 Å². The fraction of sp³-hybridized carbons (Fsp3) is 0.462. The van der Waals surface area contributed by atoms with Crippen LogP contribution in [0.2, 0.25) is 10.0 Å². The molecule has 6 nitrogen and oxygen atoms in total. The van der Waals surface area contributed by atoms with E-state index in [0.717, 1.165) is 67.7 Å². The molecule has 0 spiro atoms. The van der Waals surface area contributed by atoms with E-state index in [1.807, 2.05) is 18.5 Å². The number of hydrogen-bond donors (Lipinski definition) is 1. The molecule has 2 saturated heterocycles. The molecule has 2 aromatic carbocycles. The van der Waals surface area contributed by atoms with Crippen LogP contribution in [0.5, 0.6) is 0 Å². The molecule has 2 aliphatic rings. The number of imidazole rings is 1. The lowest BCUT2D eigenvalue weighted by molar-refractivity contribution is -0.136. The first-order chi connectivity index (χ1) is 16.5. The third-order valence-corrected chi connectivity index (χ3v) is 7.91. The Morgan fingerprint density at radius 3 is 2.79 bits per heavy atom. The average molecular weight is 500 g/mol. The van der Waals surface area contributed by atoms with Crippen molar-refractivity contribution < 1.29 is 4.79 Å². The van der Waals surface area contributed by atoms with Gasteiger partial charge >= 0.3 is 0 Å². The maximum Gasteiger partial charge on any atom is 0.240 e. The van der Waals surface area contributed by atoms with Crippen LogP contribution in [0.3, 0.4) is 0 Å². The van der Waals surface area contributed by atoms with Crippen molar-refractivity contribution in [1.82, 2.24) is 19.8 Å². The molecule has 8 heteroatoms. The highest BCUT2D eigenvalue weighted by Gasteiger charge is 2.34. The van der Waals surface area contributed by atoms with Crippen LogP contribution in [-0.4, -0.2) is 58.6 Å². The zero-order chi connectivity index (χ0) is 23.8. The Bertz CT molecular complexity index is 1190. The number of nitrogens with zero attached hydrogens (tertiary/aromatic N) is 4. The van der Waals surface area contributed by atoms with Crippen molar-refractivity contribution in [3.05, 3.63) is 58.3 Å². The number of benzene rings is 2. The zero-order valence-electron chi connectivity index (χ0n) is 19.7. The third kappa shape index (κ3) is 4.39. The second kappa shape index (κ2) is 9.76. The topological polar surface area (TPSA) is 53.4 Å². The lowest BCUT2D eigenvalue weighted by Crippen LogP contribution is -2.58. The second-order valence-electron chi connectivity index (χ2n) is 9.36. The zero-order valence-corrected chi connectivity index (χ0v) is 21.2. The Morgan fingerprint density at radius 2 is 2.06 bits per heavy atom. The third-order valence-electron chi connectivity index (χ3n) is 7.35. The van der Waals surface area contributed by atoms with Crippen LogP contribution >= 0.6 is 23.2 Å². The smallest absolute Gasteiger partial charge is 0.240 e. The normalized spacial score (nSPS) is 21.9. The van der Waals surface area contributed by atoms with Gasteiger partial charge in [-0.05, 0) is 68.6 Å². The Kier molecular flexibility index (Phi) is 6.74. The van der Waals surface area contributed by atoms with Gasteiger partial charge in [0.1, 0.15) is 0 Å². The van der Waals surface area contributed by atoms with Crippen LogP contribution < -0.4 is 10.2 Å². The molecule has 0 aliphatic carbocycles. The summed E-state index contributed by atoms with van der Waals surface area (Å²) in [6, 6.07) is 12.3. The van der Waals surface area contributed by atoms with Gasteiger partial charge in [-0.25, -0.2) is 4.98 Å². The Morgan fingerprint density at radius 1 is 1.21 bits per heavy atom. The van der Waals surface area contributed by atoms with Gasteiger partial charge in [-0.15, -0.1) is 0 Å². The van der Waals surface area contributed by atoms with Gasteiger partial charge in [-0.1, -0.05) is 36.2 Å². The quantitative estimate of drug-likeness (QED) is 0.528. The molecule has 34 heavy (non-hydrogen) atoms. The molecule has 0 bridgehead atoms. The Balaban J connectivity index is 1.39. The summed E-state index contributed by atoms with van der Waals surface area (Å²) in [6.45, 7) is 7.66. The van der Waals surface area contributed by atoms with Gasteiger partial charge in [0.2, 0.25) is 5.91 Å². The van der Waals surface area contributed by atoms with Crippen molar-refractivity contribution in [2.24, 2.45) is 0 Å². The summed E-state index contributed by atoms with van der Waals surface area (Å²) in [5.41, 5.74) is 4.19. The minimum absolute atomic E-state index is 0.00696. The lowest BCUT2D eigenvalue weighted by atomic mass is 10.1. The SMILES string of the molecule is CC[C@@H]1CN(c2ccc3ncn([C@H](C)c4ccc(Cl)cc4Cl)c3c2)CCN1C(=O)C1CCCN1. The summed E-state index contributed by atoms with van der Waals surface area (Å²) in [4.78, 5) is 22.2. The Labute approximate surface area is 210 Å². The standard InChI is InChI=1S/C26H31Cl2N5O/c1-3-19-15-31(11-12-32(19)26(34)24-5-4-10-29-24)20-7-9-23-25(14-20)33(16-30-23)17(2)21-8-6-18(27)13-22(21)28/h6-9,13-14,16-17,19,24,29H,3-5,10-12,15H2,1-2H3/t17-,19-,24?/m1/s1. The van der Waals surface area contributed by atoms with Crippen molar-refractivity contribution in [2.75, 3.05) is 31.1 Å². The van der Waals surface area contributed by atoms with Gasteiger partial charge in [0.25, 0.3) is 0 Å². The van der Waals surface area contributed by atoms with Crippen LogP contribution in [0, 0.1) is 0 Å². The number of hydrogen-bond acceptors (Lipinski definition) is 4. The van der Waals surface area contributed by atoms with Crippen LogP contribution in [0.1, 0.15) is 44.7 Å². The first-order valence-electron chi connectivity index (χ1n) is 12.2. The van der Waals surface area contributed by atoms with Crippen LogP contribution in [0.25, 0.3) is 11.0 Å². The second-order valence-corrected chi connectivity index (χ2v) is 10.2. The molecule has 1 aromatic heterocycles. The van der Waals surface area contributed by atoms with Gasteiger partial charge in [-0.2, -0.15) is 0 Å². The molecule has 3 atom stereocenters. The first-order valence-corrected chi connectivity index (χ1v) is 12.9. The minimum Gasteiger partial charge on any atom is -0.368 e. The number of halogens is 2. The monoisotopic (exact) mass is 499 g/mol. The van der Waals surface area contributed by atoms with Gasteiger partial charge in [-0.3, -0.25) is 4.79 Å². The van der Waals surface area contributed by atoms with E-state index in [9.17, 15) is 4.79 Å². The van der Waals surface area contributed by atoms with Gasteiger partial charge in [0, 0.05) is 41.4 Å². The van der Waals surface area contributed by atoms with E-state index < -0.39 is 0 Å². The molecule has 5 rings (SSSR count). The van der Waals surface area contributed by atoms with Crippen molar-refractivity contribution >= 4 is 45.8 Å². The molecule has 3 aromatic rings. The van der Waals surface area contributed by atoms with E-state index in [0.29, 0.717) is 10.0 Å². The van der Waals surface area contributed by atoms with Gasteiger partial charge < -0.3 is 19.7 Å². The molecule has 0 radical (unpaired) electrons. The highest BCUT2D eigenvalue weighted by Crippen LogP contribution is 2.32. The van der Waals surface area contributed by atoms with Crippen LogP contribution in [0.15, 0.2) is 42.7 Å². The molecule has 2 fully saturated rings. The number of aromatic nitrogens is 2. The number of amides is 1. The summed E-state index contributed by atoms with van der Waals surface area (Å²) in [7, 11) is 0. The van der Waals surface area contributed by atoms with Crippen LogP contribution in [-0.2, 0) is 4.79 Å². The van der Waals surface area contributed by atoms with Gasteiger partial charge in [0.15, 0.2) is 0 Å².